The van der Waals surface area contributed by atoms with Gasteiger partial charge in [0.15, 0.2) is 0 Å². The fraction of sp³-hybridized carbons (Fsp3) is 0. The molecule has 1 aromatic heterocycles. The maximum atomic E-state index is 10.9. The van der Waals surface area contributed by atoms with E-state index in [0.717, 1.165) is 16.7 Å². The SMILES string of the molecule is N#CC(=Cc1ccc(-c2ccncc2)cc1)C(N)=O. The van der Waals surface area contributed by atoms with Gasteiger partial charge in [0.1, 0.15) is 11.6 Å². The number of nitriles is 1. The minimum Gasteiger partial charge on any atom is -0.365 e. The highest BCUT2D eigenvalue weighted by molar-refractivity contribution is 6.00. The molecule has 1 aromatic carbocycles. The first-order valence-corrected chi connectivity index (χ1v) is 5.63. The van der Waals surface area contributed by atoms with E-state index in [1.807, 2.05) is 36.4 Å². The topological polar surface area (TPSA) is 79.8 Å². The average molecular weight is 249 g/mol. The predicted molar refractivity (Wildman–Crippen MR) is 72.5 cm³/mol. The van der Waals surface area contributed by atoms with Gasteiger partial charge >= 0.3 is 0 Å². The second kappa shape index (κ2) is 5.61. The van der Waals surface area contributed by atoms with Crippen molar-refractivity contribution in [2.24, 2.45) is 5.73 Å². The van der Waals surface area contributed by atoms with Crippen molar-refractivity contribution in [3.63, 3.8) is 0 Å². The molecule has 4 nitrogen and oxygen atoms in total. The van der Waals surface area contributed by atoms with E-state index < -0.39 is 5.91 Å². The summed E-state index contributed by atoms with van der Waals surface area (Å²) in [7, 11) is 0. The van der Waals surface area contributed by atoms with Gasteiger partial charge in [0.2, 0.25) is 0 Å². The van der Waals surface area contributed by atoms with Crippen LogP contribution in [-0.2, 0) is 4.79 Å². The average Bonchev–Trinajstić information content (AvgIpc) is 2.46. The number of primary amides is 1. The van der Waals surface area contributed by atoms with E-state index >= 15 is 0 Å². The standard InChI is InChI=1S/C15H11N3O/c16-10-14(15(17)19)9-11-1-3-12(4-2-11)13-5-7-18-8-6-13/h1-9H,(H2,17,19). The number of pyridine rings is 1. The van der Waals surface area contributed by atoms with Crippen molar-refractivity contribution in [3.8, 4) is 17.2 Å². The number of amides is 1. The van der Waals surface area contributed by atoms with Crippen LogP contribution < -0.4 is 5.73 Å². The Hall–Kier alpha value is -2.93. The van der Waals surface area contributed by atoms with Crippen molar-refractivity contribution in [1.82, 2.24) is 4.98 Å². The van der Waals surface area contributed by atoms with Crippen LogP contribution in [0, 0.1) is 11.3 Å². The molecule has 2 N–H and O–H groups in total. The summed E-state index contributed by atoms with van der Waals surface area (Å²) in [5.74, 6) is -0.722. The Morgan fingerprint density at radius 3 is 2.21 bits per heavy atom. The number of aromatic nitrogens is 1. The van der Waals surface area contributed by atoms with Gasteiger partial charge in [-0.3, -0.25) is 9.78 Å². The number of nitrogens with zero attached hydrogens (tertiary/aromatic N) is 2. The normalized spacial score (nSPS) is 10.8. The Labute approximate surface area is 110 Å². The first-order chi connectivity index (χ1) is 9.20. The third kappa shape index (κ3) is 3.05. The van der Waals surface area contributed by atoms with Crippen LogP contribution in [0.25, 0.3) is 17.2 Å². The van der Waals surface area contributed by atoms with E-state index in [1.165, 1.54) is 6.08 Å². The zero-order valence-electron chi connectivity index (χ0n) is 10.1. The van der Waals surface area contributed by atoms with Gasteiger partial charge in [-0.15, -0.1) is 0 Å². The molecule has 19 heavy (non-hydrogen) atoms. The van der Waals surface area contributed by atoms with Crippen LogP contribution in [0.15, 0.2) is 54.4 Å². The number of carbonyl (C=O) groups is 1. The van der Waals surface area contributed by atoms with Crippen LogP contribution in [0.1, 0.15) is 5.56 Å². The zero-order chi connectivity index (χ0) is 13.7. The van der Waals surface area contributed by atoms with Gasteiger partial charge in [-0.25, -0.2) is 0 Å². The summed E-state index contributed by atoms with van der Waals surface area (Å²) >= 11 is 0. The lowest BCUT2D eigenvalue weighted by molar-refractivity contribution is -0.114. The summed E-state index contributed by atoms with van der Waals surface area (Å²) in [4.78, 5) is 14.9. The molecule has 1 heterocycles. The van der Waals surface area contributed by atoms with Crippen LogP contribution in [0.5, 0.6) is 0 Å². The van der Waals surface area contributed by atoms with E-state index in [2.05, 4.69) is 4.98 Å². The van der Waals surface area contributed by atoms with E-state index in [4.69, 9.17) is 11.0 Å². The van der Waals surface area contributed by atoms with Gasteiger partial charge in [0.25, 0.3) is 5.91 Å². The van der Waals surface area contributed by atoms with Crippen molar-refractivity contribution < 1.29 is 4.79 Å². The Balaban J connectivity index is 2.30. The fourth-order valence-electron chi connectivity index (χ4n) is 1.64. The minimum absolute atomic E-state index is 0.0586. The van der Waals surface area contributed by atoms with Crippen molar-refractivity contribution in [2.45, 2.75) is 0 Å². The van der Waals surface area contributed by atoms with Crippen molar-refractivity contribution in [3.05, 3.63) is 59.9 Å². The molecule has 2 aromatic rings. The van der Waals surface area contributed by atoms with E-state index in [0.29, 0.717) is 0 Å². The van der Waals surface area contributed by atoms with Crippen molar-refractivity contribution in [2.75, 3.05) is 0 Å². The molecule has 2 rings (SSSR count). The Kier molecular flexibility index (Phi) is 3.70. The summed E-state index contributed by atoms with van der Waals surface area (Å²) < 4.78 is 0. The summed E-state index contributed by atoms with van der Waals surface area (Å²) in [6, 6.07) is 13.1. The molecule has 0 unspecified atom stereocenters. The molecule has 0 spiro atoms. The Bertz CT molecular complexity index is 652. The number of benzene rings is 1. The number of nitrogens with two attached hydrogens (primary N) is 1. The second-order valence-electron chi connectivity index (χ2n) is 3.89. The molecular weight excluding hydrogens is 238 g/mol. The minimum atomic E-state index is -0.722. The smallest absolute Gasteiger partial charge is 0.259 e. The van der Waals surface area contributed by atoms with Crippen molar-refractivity contribution >= 4 is 12.0 Å². The molecule has 0 aliphatic rings. The Morgan fingerprint density at radius 2 is 1.68 bits per heavy atom. The molecule has 0 fully saturated rings. The molecule has 0 saturated heterocycles. The van der Waals surface area contributed by atoms with Crippen LogP contribution in [0.4, 0.5) is 0 Å². The van der Waals surface area contributed by atoms with E-state index in [-0.39, 0.29) is 5.57 Å². The van der Waals surface area contributed by atoms with Gasteiger partial charge in [0, 0.05) is 12.4 Å². The summed E-state index contributed by atoms with van der Waals surface area (Å²) in [5.41, 5.74) is 7.87. The van der Waals surface area contributed by atoms with Crippen LogP contribution >= 0.6 is 0 Å². The first kappa shape index (κ1) is 12.5. The molecule has 0 saturated carbocycles. The molecular formula is C15H11N3O. The Morgan fingerprint density at radius 1 is 1.11 bits per heavy atom. The largest absolute Gasteiger partial charge is 0.365 e. The third-order valence-corrected chi connectivity index (χ3v) is 2.62. The monoisotopic (exact) mass is 249 g/mol. The number of carbonyl (C=O) groups excluding carboxylic acids is 1. The molecule has 0 aliphatic carbocycles. The van der Waals surface area contributed by atoms with Gasteiger partial charge < -0.3 is 5.73 Å². The summed E-state index contributed by atoms with van der Waals surface area (Å²) in [6.07, 6.45) is 4.92. The number of hydrogen-bond donors (Lipinski definition) is 1. The van der Waals surface area contributed by atoms with Gasteiger partial charge in [-0.1, -0.05) is 24.3 Å². The van der Waals surface area contributed by atoms with Gasteiger partial charge in [0.05, 0.1) is 0 Å². The molecule has 4 heteroatoms. The molecule has 0 aliphatic heterocycles. The predicted octanol–water partition coefficient (Wildman–Crippen LogP) is 2.14. The third-order valence-electron chi connectivity index (χ3n) is 2.62. The second-order valence-corrected chi connectivity index (χ2v) is 3.89. The lowest BCUT2D eigenvalue weighted by atomic mass is 10.0. The highest BCUT2D eigenvalue weighted by atomic mass is 16.1. The van der Waals surface area contributed by atoms with Crippen LogP contribution in [0.2, 0.25) is 0 Å². The molecule has 1 amide bonds. The lowest BCUT2D eigenvalue weighted by Gasteiger charge is -2.01. The van der Waals surface area contributed by atoms with Crippen LogP contribution in [-0.4, -0.2) is 10.9 Å². The number of rotatable bonds is 3. The van der Waals surface area contributed by atoms with Gasteiger partial charge in [-0.2, -0.15) is 5.26 Å². The lowest BCUT2D eigenvalue weighted by Crippen LogP contribution is -2.12. The van der Waals surface area contributed by atoms with E-state index in [9.17, 15) is 4.79 Å². The first-order valence-electron chi connectivity index (χ1n) is 5.63. The maximum Gasteiger partial charge on any atom is 0.259 e. The fourth-order valence-corrected chi connectivity index (χ4v) is 1.64. The summed E-state index contributed by atoms with van der Waals surface area (Å²) in [5, 5.41) is 8.76. The molecule has 0 radical (unpaired) electrons. The highest BCUT2D eigenvalue weighted by Crippen LogP contribution is 2.19. The van der Waals surface area contributed by atoms with E-state index in [1.54, 1.807) is 18.5 Å². The highest BCUT2D eigenvalue weighted by Gasteiger charge is 2.03. The molecule has 0 bridgehead atoms. The number of hydrogen-bond acceptors (Lipinski definition) is 3. The van der Waals surface area contributed by atoms with Crippen molar-refractivity contribution in [1.29, 1.82) is 5.26 Å². The molecule has 92 valence electrons. The maximum absolute atomic E-state index is 10.9. The zero-order valence-corrected chi connectivity index (χ0v) is 10.1. The summed E-state index contributed by atoms with van der Waals surface area (Å²) in [6.45, 7) is 0. The van der Waals surface area contributed by atoms with Crippen LogP contribution in [0.3, 0.4) is 0 Å². The molecule has 0 atom stereocenters. The van der Waals surface area contributed by atoms with Gasteiger partial charge in [-0.05, 0) is 34.9 Å². The quantitative estimate of drug-likeness (QED) is 0.668.